The van der Waals surface area contributed by atoms with E-state index in [0.29, 0.717) is 18.4 Å². The van der Waals surface area contributed by atoms with E-state index in [-0.39, 0.29) is 32.9 Å². The van der Waals surface area contributed by atoms with Crippen LogP contribution in [0.1, 0.15) is 29.7 Å². The molecular weight excluding hydrogens is 464 g/mol. The Bertz CT molecular complexity index is 1390. The Labute approximate surface area is 190 Å². The summed E-state index contributed by atoms with van der Waals surface area (Å²) >= 11 is 12.8. The largest absolute Gasteiger partial charge is 0.434 e. The number of aryl methyl sites for hydroxylation is 1. The quantitative estimate of drug-likeness (QED) is 0.567. The normalized spacial score (nSPS) is 13.2. The summed E-state index contributed by atoms with van der Waals surface area (Å²) in [6.45, 7) is -1.14. The lowest BCUT2D eigenvalue weighted by molar-refractivity contribution is 0.425. The van der Waals surface area contributed by atoms with Gasteiger partial charge in [-0.25, -0.2) is 13.9 Å². The van der Waals surface area contributed by atoms with Gasteiger partial charge in [0.15, 0.2) is 11.4 Å². The fourth-order valence-corrected chi connectivity index (χ4v) is 4.19. The third-order valence-electron chi connectivity index (χ3n) is 5.31. The summed E-state index contributed by atoms with van der Waals surface area (Å²) in [6.07, 6.45) is 3.09. The van der Waals surface area contributed by atoms with Crippen molar-refractivity contribution in [2.45, 2.75) is 32.4 Å². The van der Waals surface area contributed by atoms with Crippen molar-refractivity contribution in [3.63, 3.8) is 0 Å². The van der Waals surface area contributed by atoms with Crippen LogP contribution in [-0.2, 0) is 33.6 Å². The number of fused-ring (bicyclic) bond motifs is 1. The van der Waals surface area contributed by atoms with E-state index in [9.17, 15) is 18.8 Å². The molecule has 0 amide bonds. The van der Waals surface area contributed by atoms with Gasteiger partial charge in [0.05, 0.1) is 15.7 Å². The van der Waals surface area contributed by atoms with Crippen LogP contribution < -0.4 is 21.5 Å². The summed E-state index contributed by atoms with van der Waals surface area (Å²) in [5.74, 6) is 0.315. The van der Waals surface area contributed by atoms with Gasteiger partial charge in [-0.1, -0.05) is 23.2 Å². The number of benzene rings is 1. The van der Waals surface area contributed by atoms with Crippen LogP contribution >= 0.6 is 23.2 Å². The summed E-state index contributed by atoms with van der Waals surface area (Å²) in [7, 11) is 2.76. The molecule has 0 saturated heterocycles. The molecule has 0 saturated carbocycles. The fourth-order valence-electron chi connectivity index (χ4n) is 3.64. The first-order chi connectivity index (χ1) is 15.2. The maximum absolute atomic E-state index is 13.2. The van der Waals surface area contributed by atoms with Gasteiger partial charge in [-0.2, -0.15) is 9.78 Å². The zero-order valence-corrected chi connectivity index (χ0v) is 18.7. The SMILES string of the molecule is Cn1nc(Oc2c(Cl)cc(-n3nc(CF)c(=O)n(C)c3=O)cc2Cl)c2c(c1=O)CCCC2. The number of hydrogen-bond acceptors (Lipinski definition) is 6. The average molecular weight is 482 g/mol. The van der Waals surface area contributed by atoms with Gasteiger partial charge in [-0.15, -0.1) is 5.10 Å². The monoisotopic (exact) mass is 481 g/mol. The molecule has 0 N–H and O–H groups in total. The van der Waals surface area contributed by atoms with Crippen LogP contribution in [0.2, 0.25) is 10.0 Å². The predicted molar refractivity (Wildman–Crippen MR) is 116 cm³/mol. The standard InChI is InChI=1S/C20H18Cl2FN5O4/c1-26-19(30)15(9-23)24-28(20(26)31)10-7-13(21)16(14(22)8-10)32-17-11-5-3-4-6-12(11)18(29)27(2)25-17/h7-8H,3-6,9H2,1-2H3. The first-order valence-corrected chi connectivity index (χ1v) is 10.5. The van der Waals surface area contributed by atoms with Crippen molar-refractivity contribution < 1.29 is 9.13 Å². The van der Waals surface area contributed by atoms with E-state index in [1.54, 1.807) is 0 Å². The van der Waals surface area contributed by atoms with E-state index in [4.69, 9.17) is 27.9 Å². The molecule has 0 spiro atoms. The second-order valence-corrected chi connectivity index (χ2v) is 8.19. The Morgan fingerprint density at radius 2 is 1.62 bits per heavy atom. The molecule has 0 aliphatic heterocycles. The predicted octanol–water partition coefficient (Wildman–Crippen LogP) is 2.47. The molecule has 0 fully saturated rings. The zero-order valence-electron chi connectivity index (χ0n) is 17.2. The highest BCUT2D eigenvalue weighted by atomic mass is 35.5. The van der Waals surface area contributed by atoms with Crippen LogP contribution in [0.25, 0.3) is 5.69 Å². The number of alkyl halides is 1. The van der Waals surface area contributed by atoms with E-state index in [1.165, 1.54) is 30.9 Å². The highest BCUT2D eigenvalue weighted by Gasteiger charge is 2.23. The van der Waals surface area contributed by atoms with Gasteiger partial charge in [0.1, 0.15) is 6.67 Å². The molecule has 0 radical (unpaired) electrons. The average Bonchev–Trinajstić information content (AvgIpc) is 2.78. The Morgan fingerprint density at radius 3 is 2.25 bits per heavy atom. The molecule has 0 atom stereocenters. The molecular formula is C20H18Cl2FN5O4. The molecule has 4 rings (SSSR count). The summed E-state index contributed by atoms with van der Waals surface area (Å²) < 4.78 is 21.9. The Kier molecular flexibility index (Phi) is 5.91. The van der Waals surface area contributed by atoms with Crippen molar-refractivity contribution in [1.29, 1.82) is 0 Å². The minimum absolute atomic E-state index is 0.0389. The molecule has 3 aromatic rings. The molecule has 0 bridgehead atoms. The Hall–Kier alpha value is -2.98. The lowest BCUT2D eigenvalue weighted by Gasteiger charge is -2.20. The van der Waals surface area contributed by atoms with Crippen LogP contribution in [0.3, 0.4) is 0 Å². The third-order valence-corrected chi connectivity index (χ3v) is 5.87. The Morgan fingerprint density at radius 1 is 1.00 bits per heavy atom. The maximum Gasteiger partial charge on any atom is 0.351 e. The topological polar surface area (TPSA) is 101 Å². The highest BCUT2D eigenvalue weighted by Crippen LogP contribution is 2.39. The van der Waals surface area contributed by atoms with Gasteiger partial charge in [-0.3, -0.25) is 14.2 Å². The maximum atomic E-state index is 13.2. The van der Waals surface area contributed by atoms with Gasteiger partial charge >= 0.3 is 5.69 Å². The van der Waals surface area contributed by atoms with Crippen molar-refractivity contribution in [3.05, 3.63) is 70.2 Å². The van der Waals surface area contributed by atoms with Crippen molar-refractivity contribution in [2.75, 3.05) is 0 Å². The minimum atomic E-state index is -1.14. The Balaban J connectivity index is 1.81. The van der Waals surface area contributed by atoms with Crippen molar-refractivity contribution in [1.82, 2.24) is 24.1 Å². The molecule has 1 aromatic carbocycles. The van der Waals surface area contributed by atoms with Gasteiger partial charge < -0.3 is 4.74 Å². The highest BCUT2D eigenvalue weighted by molar-refractivity contribution is 6.37. The van der Waals surface area contributed by atoms with E-state index < -0.39 is 23.6 Å². The molecule has 168 valence electrons. The van der Waals surface area contributed by atoms with Gasteiger partial charge in [0, 0.05) is 25.2 Å². The summed E-state index contributed by atoms with van der Waals surface area (Å²) in [5, 5.41) is 8.08. The van der Waals surface area contributed by atoms with E-state index in [2.05, 4.69) is 10.2 Å². The first kappa shape index (κ1) is 22.2. The summed E-state index contributed by atoms with van der Waals surface area (Å²) in [4.78, 5) is 36.8. The van der Waals surface area contributed by atoms with Gasteiger partial charge in [0.25, 0.3) is 11.1 Å². The van der Waals surface area contributed by atoms with Crippen LogP contribution in [0, 0.1) is 0 Å². The van der Waals surface area contributed by atoms with Crippen molar-refractivity contribution >= 4 is 23.2 Å². The number of rotatable bonds is 4. The van der Waals surface area contributed by atoms with Crippen LogP contribution in [0.5, 0.6) is 11.6 Å². The summed E-state index contributed by atoms with van der Waals surface area (Å²) in [5.41, 5.74) is -0.702. The molecule has 9 nitrogen and oxygen atoms in total. The number of halogens is 3. The second kappa shape index (κ2) is 8.51. The zero-order chi connectivity index (χ0) is 23.2. The van der Waals surface area contributed by atoms with Gasteiger partial charge in [-0.05, 0) is 37.8 Å². The lowest BCUT2D eigenvalue weighted by atomic mass is 9.94. The molecule has 2 aromatic heterocycles. The van der Waals surface area contributed by atoms with E-state index in [1.807, 2.05) is 0 Å². The van der Waals surface area contributed by atoms with E-state index in [0.717, 1.165) is 27.7 Å². The number of nitrogens with zero attached hydrogens (tertiary/aromatic N) is 5. The molecule has 1 aliphatic carbocycles. The van der Waals surface area contributed by atoms with Crippen LogP contribution in [-0.4, -0.2) is 24.1 Å². The van der Waals surface area contributed by atoms with Crippen LogP contribution in [0.4, 0.5) is 4.39 Å². The van der Waals surface area contributed by atoms with E-state index >= 15 is 0 Å². The second-order valence-electron chi connectivity index (χ2n) is 7.38. The van der Waals surface area contributed by atoms with Crippen LogP contribution in [0.15, 0.2) is 26.5 Å². The van der Waals surface area contributed by atoms with Gasteiger partial charge in [0.2, 0.25) is 5.88 Å². The lowest BCUT2D eigenvalue weighted by Crippen LogP contribution is -2.41. The molecule has 12 heteroatoms. The molecule has 1 aliphatic rings. The summed E-state index contributed by atoms with van der Waals surface area (Å²) in [6, 6.07) is 2.72. The number of ether oxygens (including phenoxy) is 1. The first-order valence-electron chi connectivity index (χ1n) is 9.74. The molecule has 2 heterocycles. The number of aromatic nitrogens is 5. The number of hydrogen-bond donors (Lipinski definition) is 0. The fraction of sp³-hybridized carbons (Fsp3) is 0.350. The van der Waals surface area contributed by atoms with Crippen molar-refractivity contribution in [3.8, 4) is 17.3 Å². The molecule has 0 unspecified atom stereocenters. The third kappa shape index (κ3) is 3.73. The minimum Gasteiger partial charge on any atom is -0.434 e. The van der Waals surface area contributed by atoms with Crippen molar-refractivity contribution in [2.24, 2.45) is 14.1 Å². The molecule has 32 heavy (non-hydrogen) atoms. The smallest absolute Gasteiger partial charge is 0.351 e.